The van der Waals surface area contributed by atoms with Gasteiger partial charge in [0, 0.05) is 0 Å². The van der Waals surface area contributed by atoms with E-state index in [-0.39, 0.29) is 11.4 Å². The fourth-order valence-electron chi connectivity index (χ4n) is 0.961. The van der Waals surface area contributed by atoms with Crippen LogP contribution in [0.25, 0.3) is 0 Å². The number of aromatic nitrogens is 2. The van der Waals surface area contributed by atoms with Crippen LogP contribution in [-0.2, 0) is 5.54 Å². The summed E-state index contributed by atoms with van der Waals surface area (Å²) in [6.45, 7) is 5.97. The van der Waals surface area contributed by atoms with E-state index < -0.39 is 0 Å². The highest BCUT2D eigenvalue weighted by Crippen LogP contribution is 2.27. The number of hydrogen-bond acceptors (Lipinski definition) is 3. The number of nitrogen functional groups attached to an aromatic ring is 1. The van der Waals surface area contributed by atoms with Crippen LogP contribution in [0.15, 0.2) is 4.60 Å². The van der Waals surface area contributed by atoms with Gasteiger partial charge in [0.05, 0.1) is 5.54 Å². The van der Waals surface area contributed by atoms with Gasteiger partial charge >= 0.3 is 0 Å². The molecule has 0 saturated carbocycles. The molecule has 0 aliphatic heterocycles. The van der Waals surface area contributed by atoms with Crippen LogP contribution < -0.4 is 5.73 Å². The zero-order chi connectivity index (χ0) is 10.2. The van der Waals surface area contributed by atoms with E-state index in [1.807, 2.05) is 26.8 Å². The van der Waals surface area contributed by atoms with E-state index in [1.165, 1.54) is 0 Å². The first-order valence-corrected chi connectivity index (χ1v) is 4.62. The number of hydrogen-bond donors (Lipinski definition) is 1. The Morgan fingerprint density at radius 3 is 2.31 bits per heavy atom. The average molecular weight is 243 g/mol. The van der Waals surface area contributed by atoms with E-state index in [1.54, 1.807) is 4.68 Å². The predicted molar refractivity (Wildman–Crippen MR) is 54.1 cm³/mol. The predicted octanol–water partition coefficient (Wildman–Crippen LogP) is 1.85. The van der Waals surface area contributed by atoms with Crippen molar-refractivity contribution < 1.29 is 0 Å². The second-order valence-electron chi connectivity index (χ2n) is 3.75. The average Bonchev–Trinajstić information content (AvgIpc) is 2.25. The third kappa shape index (κ3) is 1.68. The normalized spacial score (nSPS) is 11.3. The van der Waals surface area contributed by atoms with Crippen LogP contribution in [0.5, 0.6) is 0 Å². The Hall–Kier alpha value is -1.02. The van der Waals surface area contributed by atoms with Crippen molar-refractivity contribution >= 4 is 21.7 Å². The Morgan fingerprint density at radius 2 is 2.08 bits per heavy atom. The number of rotatable bonds is 0. The fraction of sp³-hybridized carbons (Fsp3) is 0.500. The first kappa shape index (κ1) is 10.1. The summed E-state index contributed by atoms with van der Waals surface area (Å²) in [4.78, 5) is 0. The summed E-state index contributed by atoms with van der Waals surface area (Å²) in [7, 11) is 0. The van der Waals surface area contributed by atoms with Crippen molar-refractivity contribution in [1.29, 1.82) is 5.26 Å². The summed E-state index contributed by atoms with van der Waals surface area (Å²) >= 11 is 3.30. The third-order valence-corrected chi connectivity index (χ3v) is 2.34. The van der Waals surface area contributed by atoms with E-state index in [2.05, 4.69) is 21.0 Å². The minimum Gasteiger partial charge on any atom is -0.381 e. The van der Waals surface area contributed by atoms with E-state index >= 15 is 0 Å². The van der Waals surface area contributed by atoms with Crippen LogP contribution in [-0.4, -0.2) is 9.78 Å². The number of halogens is 1. The number of anilines is 1. The third-order valence-electron chi connectivity index (χ3n) is 1.60. The number of nitrogens with two attached hydrogens (primary N) is 1. The van der Waals surface area contributed by atoms with E-state index in [0.717, 1.165) is 0 Å². The van der Waals surface area contributed by atoms with Crippen molar-refractivity contribution in [2.45, 2.75) is 26.3 Å². The lowest BCUT2D eigenvalue weighted by Crippen LogP contribution is -2.23. The highest BCUT2D eigenvalue weighted by atomic mass is 79.9. The van der Waals surface area contributed by atoms with Crippen LogP contribution in [0.4, 0.5) is 5.82 Å². The fourth-order valence-corrected chi connectivity index (χ4v) is 1.86. The Balaban J connectivity index is 3.37. The number of nitrogens with zero attached hydrogens (tertiary/aromatic N) is 3. The molecular formula is C8H11BrN4. The molecule has 1 aromatic rings. The van der Waals surface area contributed by atoms with Gasteiger partial charge in [0.15, 0.2) is 5.82 Å². The van der Waals surface area contributed by atoms with Gasteiger partial charge in [0.1, 0.15) is 16.2 Å². The Kier molecular flexibility index (Phi) is 2.35. The van der Waals surface area contributed by atoms with Crippen molar-refractivity contribution in [3.05, 3.63) is 10.2 Å². The molecule has 0 atom stereocenters. The van der Waals surface area contributed by atoms with Crippen molar-refractivity contribution in [1.82, 2.24) is 9.78 Å². The van der Waals surface area contributed by atoms with Crippen LogP contribution in [0.2, 0.25) is 0 Å². The summed E-state index contributed by atoms with van der Waals surface area (Å²) in [6, 6.07) is 2.00. The van der Waals surface area contributed by atoms with Crippen LogP contribution in [0.1, 0.15) is 26.3 Å². The molecule has 0 amide bonds. The summed E-state index contributed by atoms with van der Waals surface area (Å²) in [5.74, 6) is 0.268. The van der Waals surface area contributed by atoms with Gasteiger partial charge in [-0.05, 0) is 36.7 Å². The van der Waals surface area contributed by atoms with Crippen LogP contribution in [0, 0.1) is 11.3 Å². The molecule has 0 unspecified atom stereocenters. The molecule has 0 spiro atoms. The minimum absolute atomic E-state index is 0.179. The molecule has 0 saturated heterocycles. The molecule has 13 heavy (non-hydrogen) atoms. The van der Waals surface area contributed by atoms with Crippen molar-refractivity contribution in [2.24, 2.45) is 0 Å². The standard InChI is InChI=1S/C8H11BrN4/c1-8(2,3)13-6(9)5(4-10)7(11)12-13/h1-3H3,(H2,11,12). The zero-order valence-corrected chi connectivity index (χ0v) is 9.38. The first-order valence-electron chi connectivity index (χ1n) is 3.82. The van der Waals surface area contributed by atoms with Gasteiger partial charge in [0.25, 0.3) is 0 Å². The molecule has 70 valence electrons. The molecular weight excluding hydrogens is 232 g/mol. The zero-order valence-electron chi connectivity index (χ0n) is 7.80. The van der Waals surface area contributed by atoms with Gasteiger partial charge in [0.2, 0.25) is 0 Å². The highest BCUT2D eigenvalue weighted by molar-refractivity contribution is 9.10. The smallest absolute Gasteiger partial charge is 0.164 e. The van der Waals surface area contributed by atoms with Crippen molar-refractivity contribution in [3.63, 3.8) is 0 Å². The second kappa shape index (κ2) is 3.04. The molecule has 1 aromatic heterocycles. The molecule has 4 nitrogen and oxygen atoms in total. The highest BCUT2D eigenvalue weighted by Gasteiger charge is 2.22. The summed E-state index contributed by atoms with van der Waals surface area (Å²) in [5.41, 5.74) is 5.78. The van der Waals surface area contributed by atoms with E-state index in [0.29, 0.717) is 10.2 Å². The molecule has 2 N–H and O–H groups in total. The Labute approximate surface area is 85.5 Å². The van der Waals surface area contributed by atoms with E-state index in [4.69, 9.17) is 11.0 Å². The largest absolute Gasteiger partial charge is 0.381 e. The lowest BCUT2D eigenvalue weighted by molar-refractivity contribution is 0.349. The Bertz CT molecular complexity index is 367. The van der Waals surface area contributed by atoms with Gasteiger partial charge < -0.3 is 5.73 Å². The topological polar surface area (TPSA) is 67.6 Å². The lowest BCUT2D eigenvalue weighted by Gasteiger charge is -2.20. The van der Waals surface area contributed by atoms with Gasteiger partial charge in [-0.3, -0.25) is 0 Å². The maximum Gasteiger partial charge on any atom is 0.164 e. The summed E-state index contributed by atoms with van der Waals surface area (Å²) in [6.07, 6.45) is 0. The molecule has 0 bridgehead atoms. The molecule has 0 radical (unpaired) electrons. The van der Waals surface area contributed by atoms with Gasteiger partial charge in [-0.2, -0.15) is 10.4 Å². The van der Waals surface area contributed by atoms with Gasteiger partial charge in [-0.15, -0.1) is 0 Å². The molecule has 1 rings (SSSR count). The molecule has 1 heterocycles. The monoisotopic (exact) mass is 242 g/mol. The molecule has 5 heteroatoms. The summed E-state index contributed by atoms with van der Waals surface area (Å²) < 4.78 is 2.33. The molecule has 0 fully saturated rings. The second-order valence-corrected chi connectivity index (χ2v) is 4.50. The van der Waals surface area contributed by atoms with Crippen LogP contribution >= 0.6 is 15.9 Å². The van der Waals surface area contributed by atoms with E-state index in [9.17, 15) is 0 Å². The van der Waals surface area contributed by atoms with Crippen molar-refractivity contribution in [3.8, 4) is 6.07 Å². The van der Waals surface area contributed by atoms with Crippen LogP contribution in [0.3, 0.4) is 0 Å². The van der Waals surface area contributed by atoms with Gasteiger partial charge in [-0.25, -0.2) is 4.68 Å². The minimum atomic E-state index is -0.179. The SMILES string of the molecule is CC(C)(C)n1nc(N)c(C#N)c1Br. The summed E-state index contributed by atoms with van der Waals surface area (Å²) in [5, 5.41) is 12.8. The molecule has 0 aliphatic carbocycles. The maximum atomic E-state index is 8.76. The number of nitriles is 1. The quantitative estimate of drug-likeness (QED) is 0.756. The van der Waals surface area contributed by atoms with Crippen molar-refractivity contribution in [2.75, 3.05) is 5.73 Å². The first-order chi connectivity index (χ1) is 5.88. The molecule has 0 aromatic carbocycles. The molecule has 0 aliphatic rings. The lowest BCUT2D eigenvalue weighted by atomic mass is 10.1. The Morgan fingerprint density at radius 1 is 1.54 bits per heavy atom. The maximum absolute atomic E-state index is 8.76. The van der Waals surface area contributed by atoms with Gasteiger partial charge in [-0.1, -0.05) is 0 Å².